The van der Waals surface area contributed by atoms with Gasteiger partial charge >= 0.3 is 5.97 Å². The first-order valence-corrected chi connectivity index (χ1v) is 11.8. The van der Waals surface area contributed by atoms with Crippen LogP contribution in [0, 0.1) is 0 Å². The number of carbonyl (C=O) groups is 2. The molecule has 0 spiro atoms. The van der Waals surface area contributed by atoms with Crippen LogP contribution in [-0.2, 0) is 9.53 Å². The standard InChI is InChI=1S/C25H20ClN3O4S/c1-2-33-24(32)17-10-4-7-13-20(17)27-22(30)15-34-25-28-19-12-6-3-9-16(19)23(31)29(25)21-14-8-5-11-18(21)26/h3-14H,2,15H2,1H3,(H,27,30). The van der Waals surface area contributed by atoms with Crippen LogP contribution >= 0.6 is 23.4 Å². The zero-order chi connectivity index (χ0) is 24.1. The zero-order valence-corrected chi connectivity index (χ0v) is 19.7. The highest BCUT2D eigenvalue weighted by Crippen LogP contribution is 2.26. The number of hydrogen-bond donors (Lipinski definition) is 1. The number of hydrogen-bond acceptors (Lipinski definition) is 6. The number of benzene rings is 3. The topological polar surface area (TPSA) is 90.3 Å². The number of fused-ring (bicyclic) bond motifs is 1. The van der Waals surface area contributed by atoms with Gasteiger partial charge in [0.15, 0.2) is 5.16 Å². The molecule has 0 bridgehead atoms. The molecule has 0 fully saturated rings. The highest BCUT2D eigenvalue weighted by Gasteiger charge is 2.18. The maximum absolute atomic E-state index is 13.3. The van der Waals surface area contributed by atoms with E-state index >= 15 is 0 Å². The molecule has 0 aliphatic rings. The van der Waals surface area contributed by atoms with E-state index in [0.29, 0.717) is 32.5 Å². The summed E-state index contributed by atoms with van der Waals surface area (Å²) in [5, 5.41) is 3.89. The van der Waals surface area contributed by atoms with Gasteiger partial charge in [-0.05, 0) is 43.3 Å². The Kier molecular flexibility index (Phi) is 7.30. The molecule has 9 heteroatoms. The van der Waals surface area contributed by atoms with Gasteiger partial charge in [0, 0.05) is 0 Å². The molecule has 4 aromatic rings. The van der Waals surface area contributed by atoms with Crippen molar-refractivity contribution < 1.29 is 14.3 Å². The lowest BCUT2D eigenvalue weighted by Gasteiger charge is -2.14. The summed E-state index contributed by atoms with van der Waals surface area (Å²) in [6.45, 7) is 1.94. The number of halogens is 1. The van der Waals surface area contributed by atoms with Crippen LogP contribution in [0.1, 0.15) is 17.3 Å². The molecule has 4 rings (SSSR count). The third kappa shape index (κ3) is 4.98. The Labute approximate surface area is 204 Å². The Morgan fingerprint density at radius 2 is 1.74 bits per heavy atom. The van der Waals surface area contributed by atoms with E-state index in [1.165, 1.54) is 4.57 Å². The van der Waals surface area contributed by atoms with E-state index in [4.69, 9.17) is 16.3 Å². The Morgan fingerprint density at radius 3 is 2.53 bits per heavy atom. The lowest BCUT2D eigenvalue weighted by Crippen LogP contribution is -2.23. The highest BCUT2D eigenvalue weighted by molar-refractivity contribution is 7.99. The average molecular weight is 494 g/mol. The Balaban J connectivity index is 1.64. The molecule has 0 saturated heterocycles. The quantitative estimate of drug-likeness (QED) is 0.222. The van der Waals surface area contributed by atoms with Crippen molar-refractivity contribution in [2.75, 3.05) is 17.7 Å². The van der Waals surface area contributed by atoms with Crippen LogP contribution in [0.2, 0.25) is 5.02 Å². The Morgan fingerprint density at radius 1 is 1.03 bits per heavy atom. The molecule has 1 aromatic heterocycles. The van der Waals surface area contributed by atoms with Crippen LogP contribution < -0.4 is 10.9 Å². The lowest BCUT2D eigenvalue weighted by atomic mass is 10.2. The first-order valence-electron chi connectivity index (χ1n) is 10.4. The van der Waals surface area contributed by atoms with E-state index in [2.05, 4.69) is 10.3 Å². The van der Waals surface area contributed by atoms with Crippen molar-refractivity contribution in [1.29, 1.82) is 0 Å². The molecule has 1 heterocycles. The van der Waals surface area contributed by atoms with E-state index in [1.807, 2.05) is 0 Å². The minimum atomic E-state index is -0.519. The van der Waals surface area contributed by atoms with Crippen LogP contribution in [0.3, 0.4) is 0 Å². The van der Waals surface area contributed by atoms with Gasteiger partial charge in [0.2, 0.25) is 5.91 Å². The first kappa shape index (κ1) is 23.5. The minimum absolute atomic E-state index is 0.0492. The number of amides is 1. The van der Waals surface area contributed by atoms with Gasteiger partial charge in [-0.15, -0.1) is 0 Å². The molecule has 3 aromatic carbocycles. The van der Waals surface area contributed by atoms with Crippen molar-refractivity contribution in [3.63, 3.8) is 0 Å². The van der Waals surface area contributed by atoms with Crippen LogP contribution in [0.25, 0.3) is 16.6 Å². The first-order chi connectivity index (χ1) is 16.5. The van der Waals surface area contributed by atoms with Gasteiger partial charge in [0.05, 0.1) is 45.2 Å². The summed E-state index contributed by atoms with van der Waals surface area (Å²) in [6.07, 6.45) is 0. The fourth-order valence-electron chi connectivity index (χ4n) is 3.35. The molecule has 1 N–H and O–H groups in total. The number of rotatable bonds is 7. The third-order valence-electron chi connectivity index (χ3n) is 4.87. The van der Waals surface area contributed by atoms with Gasteiger partial charge in [0.1, 0.15) is 0 Å². The molecule has 0 aliphatic heterocycles. The summed E-state index contributed by atoms with van der Waals surface area (Å²) in [5.41, 5.74) is 1.32. The smallest absolute Gasteiger partial charge is 0.340 e. The van der Waals surface area contributed by atoms with Crippen molar-refractivity contribution in [2.45, 2.75) is 12.1 Å². The number of nitrogens with one attached hydrogen (secondary N) is 1. The second-order valence-corrected chi connectivity index (χ2v) is 8.46. The average Bonchev–Trinajstić information content (AvgIpc) is 2.84. The molecule has 0 atom stereocenters. The van der Waals surface area contributed by atoms with Crippen molar-refractivity contribution >= 4 is 51.8 Å². The van der Waals surface area contributed by atoms with Gasteiger partial charge in [-0.2, -0.15) is 0 Å². The predicted molar refractivity (Wildman–Crippen MR) is 134 cm³/mol. The number of ether oxygens (including phenoxy) is 1. The van der Waals surface area contributed by atoms with Crippen molar-refractivity contribution in [1.82, 2.24) is 9.55 Å². The normalized spacial score (nSPS) is 10.8. The van der Waals surface area contributed by atoms with Crippen molar-refractivity contribution in [3.8, 4) is 5.69 Å². The summed E-state index contributed by atoms with van der Waals surface area (Å²) >= 11 is 7.47. The summed E-state index contributed by atoms with van der Waals surface area (Å²) in [7, 11) is 0. The third-order valence-corrected chi connectivity index (χ3v) is 6.13. The molecule has 0 radical (unpaired) electrons. The van der Waals surface area contributed by atoms with E-state index < -0.39 is 5.97 Å². The Bertz CT molecular complexity index is 1440. The molecule has 0 unspecified atom stereocenters. The molecule has 34 heavy (non-hydrogen) atoms. The van der Waals surface area contributed by atoms with E-state index in [9.17, 15) is 14.4 Å². The monoisotopic (exact) mass is 493 g/mol. The Hall–Kier alpha value is -3.62. The maximum Gasteiger partial charge on any atom is 0.340 e. The van der Waals surface area contributed by atoms with Crippen molar-refractivity contribution in [3.05, 3.63) is 93.7 Å². The molecule has 1 amide bonds. The number of anilines is 1. The SMILES string of the molecule is CCOC(=O)c1ccccc1NC(=O)CSc1nc2ccccc2c(=O)n1-c1ccccc1Cl. The van der Waals surface area contributed by atoms with Crippen LogP contribution in [0.15, 0.2) is 82.7 Å². The molecule has 7 nitrogen and oxygen atoms in total. The van der Waals surface area contributed by atoms with Crippen LogP contribution in [0.5, 0.6) is 0 Å². The van der Waals surface area contributed by atoms with Gasteiger partial charge in [-0.25, -0.2) is 9.78 Å². The number of nitrogens with zero attached hydrogens (tertiary/aromatic N) is 2. The predicted octanol–water partition coefficient (Wildman–Crippen LogP) is 4.95. The fraction of sp³-hybridized carbons (Fsp3) is 0.120. The van der Waals surface area contributed by atoms with Crippen LogP contribution in [0.4, 0.5) is 5.69 Å². The van der Waals surface area contributed by atoms with Crippen molar-refractivity contribution in [2.24, 2.45) is 0 Å². The van der Waals surface area contributed by atoms with Crippen LogP contribution in [-0.4, -0.2) is 33.8 Å². The van der Waals surface area contributed by atoms with E-state index in [1.54, 1.807) is 79.7 Å². The molecule has 0 aliphatic carbocycles. The number of thioether (sulfide) groups is 1. The minimum Gasteiger partial charge on any atom is -0.462 e. The second kappa shape index (κ2) is 10.5. The van der Waals surface area contributed by atoms with Gasteiger partial charge in [-0.1, -0.05) is 59.8 Å². The number of esters is 1. The van der Waals surface area contributed by atoms with Gasteiger partial charge in [0.25, 0.3) is 5.56 Å². The van der Waals surface area contributed by atoms with E-state index in [-0.39, 0.29) is 29.4 Å². The lowest BCUT2D eigenvalue weighted by molar-refractivity contribution is -0.113. The molecular weight excluding hydrogens is 474 g/mol. The van der Waals surface area contributed by atoms with E-state index in [0.717, 1.165) is 11.8 Å². The molecule has 172 valence electrons. The maximum atomic E-state index is 13.3. The summed E-state index contributed by atoms with van der Waals surface area (Å²) in [5.74, 6) is -0.934. The summed E-state index contributed by atoms with van der Waals surface area (Å²) in [4.78, 5) is 42.9. The summed E-state index contributed by atoms with van der Waals surface area (Å²) in [6, 6.07) is 20.6. The fourth-order valence-corrected chi connectivity index (χ4v) is 4.38. The molecular formula is C25H20ClN3O4S. The largest absolute Gasteiger partial charge is 0.462 e. The van der Waals surface area contributed by atoms with Gasteiger partial charge in [-0.3, -0.25) is 14.2 Å². The second-order valence-electron chi connectivity index (χ2n) is 7.11. The molecule has 0 saturated carbocycles. The highest BCUT2D eigenvalue weighted by atomic mass is 35.5. The van der Waals surface area contributed by atoms with Gasteiger partial charge < -0.3 is 10.1 Å². The number of para-hydroxylation sites is 3. The number of carbonyl (C=O) groups excluding carboxylic acids is 2. The summed E-state index contributed by atoms with van der Waals surface area (Å²) < 4.78 is 6.47. The number of aromatic nitrogens is 2. The zero-order valence-electron chi connectivity index (χ0n) is 18.2.